The summed E-state index contributed by atoms with van der Waals surface area (Å²) in [6.07, 6.45) is 2.28. The van der Waals surface area contributed by atoms with Crippen LogP contribution in [0.2, 0.25) is 0 Å². The molecule has 33 heavy (non-hydrogen) atoms. The first-order chi connectivity index (χ1) is 16.1. The molecule has 2 fully saturated rings. The molecule has 1 aromatic heterocycles. The minimum absolute atomic E-state index is 0.144. The Balaban J connectivity index is 1.46. The summed E-state index contributed by atoms with van der Waals surface area (Å²) >= 11 is 0. The molecular formula is C27H28N2O4. The maximum absolute atomic E-state index is 13.2. The van der Waals surface area contributed by atoms with Crippen LogP contribution in [0.4, 0.5) is 0 Å². The predicted molar refractivity (Wildman–Crippen MR) is 123 cm³/mol. The molecule has 6 rings (SSSR count). The minimum Gasteiger partial charge on any atom is -0.493 e. The highest BCUT2D eigenvalue weighted by molar-refractivity contribution is 5.82. The van der Waals surface area contributed by atoms with Crippen molar-refractivity contribution >= 4 is 5.91 Å². The van der Waals surface area contributed by atoms with Gasteiger partial charge in [0.25, 0.3) is 0 Å². The highest BCUT2D eigenvalue weighted by Gasteiger charge is 2.64. The topological polar surface area (TPSA) is 64.8 Å². The van der Waals surface area contributed by atoms with Crippen LogP contribution >= 0.6 is 0 Å². The van der Waals surface area contributed by atoms with E-state index in [9.17, 15) is 4.79 Å². The van der Waals surface area contributed by atoms with E-state index < -0.39 is 0 Å². The molecule has 6 heteroatoms. The van der Waals surface area contributed by atoms with Crippen molar-refractivity contribution in [3.05, 3.63) is 65.4 Å². The summed E-state index contributed by atoms with van der Waals surface area (Å²) in [6, 6.07) is 16.3. The maximum atomic E-state index is 13.2. The van der Waals surface area contributed by atoms with E-state index >= 15 is 0 Å². The smallest absolute Gasteiger partial charge is 0.223 e. The van der Waals surface area contributed by atoms with Gasteiger partial charge in [0.15, 0.2) is 17.3 Å². The summed E-state index contributed by atoms with van der Waals surface area (Å²) in [5.41, 5.74) is 4.09. The van der Waals surface area contributed by atoms with E-state index in [1.807, 2.05) is 30.3 Å². The van der Waals surface area contributed by atoms with E-state index in [4.69, 9.17) is 14.0 Å². The molecule has 3 aromatic rings. The second-order valence-corrected chi connectivity index (χ2v) is 9.58. The van der Waals surface area contributed by atoms with Crippen LogP contribution in [-0.4, -0.2) is 36.7 Å². The Morgan fingerprint density at radius 1 is 1.09 bits per heavy atom. The fourth-order valence-electron chi connectivity index (χ4n) is 6.81. The molecule has 3 aliphatic rings. The summed E-state index contributed by atoms with van der Waals surface area (Å²) < 4.78 is 17.0. The monoisotopic (exact) mass is 444 g/mol. The van der Waals surface area contributed by atoms with Crippen molar-refractivity contribution in [3.63, 3.8) is 0 Å². The van der Waals surface area contributed by atoms with E-state index in [0.717, 1.165) is 47.9 Å². The van der Waals surface area contributed by atoms with Crippen LogP contribution in [0.5, 0.6) is 11.5 Å². The Morgan fingerprint density at radius 3 is 2.61 bits per heavy atom. The lowest BCUT2D eigenvalue weighted by Gasteiger charge is -2.45. The fraction of sp³-hybridized carbons (Fsp3) is 0.407. The van der Waals surface area contributed by atoms with Crippen molar-refractivity contribution < 1.29 is 18.8 Å². The van der Waals surface area contributed by atoms with E-state index in [1.165, 1.54) is 11.1 Å². The Morgan fingerprint density at radius 2 is 1.85 bits per heavy atom. The first-order valence-electron chi connectivity index (χ1n) is 11.6. The number of hydrogen-bond donors (Lipinski definition) is 0. The number of aromatic nitrogens is 1. The average Bonchev–Trinajstić information content (AvgIpc) is 3.49. The zero-order valence-electron chi connectivity index (χ0n) is 19.2. The second-order valence-electron chi connectivity index (χ2n) is 9.58. The van der Waals surface area contributed by atoms with Crippen LogP contribution in [0, 0.1) is 11.8 Å². The van der Waals surface area contributed by atoms with Crippen molar-refractivity contribution in [2.45, 2.75) is 37.6 Å². The van der Waals surface area contributed by atoms with Crippen LogP contribution < -0.4 is 9.47 Å². The van der Waals surface area contributed by atoms with E-state index in [1.54, 1.807) is 14.2 Å². The largest absolute Gasteiger partial charge is 0.493 e. The first-order valence-corrected chi connectivity index (χ1v) is 11.6. The maximum Gasteiger partial charge on any atom is 0.223 e. The number of benzene rings is 2. The lowest BCUT2D eigenvalue weighted by atomic mass is 9.73. The fourth-order valence-corrected chi connectivity index (χ4v) is 6.81. The highest BCUT2D eigenvalue weighted by Crippen LogP contribution is 2.64. The Kier molecular flexibility index (Phi) is 4.54. The zero-order valence-corrected chi connectivity index (χ0v) is 19.2. The minimum atomic E-state index is -0.333. The molecule has 2 unspecified atom stereocenters. The number of carbonyl (C=O) groups is 1. The Labute approximate surface area is 193 Å². The number of hydrogen-bond acceptors (Lipinski definition) is 5. The molecule has 1 saturated carbocycles. The zero-order chi connectivity index (χ0) is 22.7. The number of rotatable bonds is 4. The molecule has 3 heterocycles. The molecule has 1 amide bonds. The van der Waals surface area contributed by atoms with Gasteiger partial charge >= 0.3 is 0 Å². The van der Waals surface area contributed by atoms with Gasteiger partial charge < -0.3 is 18.9 Å². The highest BCUT2D eigenvalue weighted by atomic mass is 16.5. The summed E-state index contributed by atoms with van der Waals surface area (Å²) in [4.78, 5) is 15.4. The van der Waals surface area contributed by atoms with Crippen molar-refractivity contribution in [2.75, 3.05) is 20.8 Å². The van der Waals surface area contributed by atoms with Gasteiger partial charge in [-0.25, -0.2) is 0 Å². The van der Waals surface area contributed by atoms with Gasteiger partial charge in [0, 0.05) is 36.4 Å². The van der Waals surface area contributed by atoms with Crippen molar-refractivity contribution in [2.24, 2.45) is 11.8 Å². The molecular weight excluding hydrogens is 416 g/mol. The van der Waals surface area contributed by atoms with Gasteiger partial charge in [-0.05, 0) is 42.0 Å². The first kappa shape index (κ1) is 20.3. The molecule has 1 saturated heterocycles. The number of methoxy groups -OCH3 is 2. The molecule has 0 bridgehead atoms. The van der Waals surface area contributed by atoms with Crippen LogP contribution in [-0.2, 0) is 16.8 Å². The normalized spacial score (nSPS) is 27.8. The molecule has 4 atom stereocenters. The summed E-state index contributed by atoms with van der Waals surface area (Å²) in [5.74, 6) is 3.13. The number of carbonyl (C=O) groups excluding carboxylic acids is 1. The quantitative estimate of drug-likeness (QED) is 0.579. The van der Waals surface area contributed by atoms with E-state index in [2.05, 4.69) is 35.2 Å². The number of fused-ring (bicyclic) bond motifs is 1. The standard InChI is InChI=1S/C27H28N2O4/c1-16-15-27-19-12-24(32-3)23(31-2)11-18(19)9-10-29(27)25(30)13-20(27)26(16)21-14-22(33-28-21)17-7-5-4-6-8-17/h4-8,11-12,14,16,20,26H,9-10,13,15H2,1-3H3/t16-,20-,26?,27?/m0/s1. The van der Waals surface area contributed by atoms with Crippen LogP contribution in [0.25, 0.3) is 11.3 Å². The van der Waals surface area contributed by atoms with Crippen LogP contribution in [0.15, 0.2) is 53.1 Å². The third kappa shape index (κ3) is 2.79. The predicted octanol–water partition coefficient (Wildman–Crippen LogP) is 4.78. The van der Waals surface area contributed by atoms with Crippen molar-refractivity contribution in [3.8, 4) is 22.8 Å². The van der Waals surface area contributed by atoms with Crippen molar-refractivity contribution in [1.82, 2.24) is 10.1 Å². The number of nitrogens with zero attached hydrogens (tertiary/aromatic N) is 2. The van der Waals surface area contributed by atoms with Crippen molar-refractivity contribution in [1.29, 1.82) is 0 Å². The summed E-state index contributed by atoms with van der Waals surface area (Å²) in [7, 11) is 3.34. The van der Waals surface area contributed by atoms with E-state index in [0.29, 0.717) is 12.3 Å². The summed E-state index contributed by atoms with van der Waals surface area (Å²) in [5, 5.41) is 4.51. The van der Waals surface area contributed by atoms with Crippen LogP contribution in [0.1, 0.15) is 42.5 Å². The SMILES string of the molecule is COc1cc2c(cc1OC)C13C[C@H](C)C(c4cc(-c5ccccc5)on4)[C@@H]1CC(=O)N3CC2. The molecule has 1 spiro atoms. The van der Waals surface area contributed by atoms with Gasteiger partial charge in [0.2, 0.25) is 5.91 Å². The van der Waals surface area contributed by atoms with Gasteiger partial charge in [-0.2, -0.15) is 0 Å². The number of ether oxygens (including phenoxy) is 2. The summed E-state index contributed by atoms with van der Waals surface area (Å²) in [6.45, 7) is 3.03. The molecule has 2 aliphatic heterocycles. The Hall–Kier alpha value is -3.28. The van der Waals surface area contributed by atoms with Gasteiger partial charge in [-0.15, -0.1) is 0 Å². The third-order valence-electron chi connectivity index (χ3n) is 8.08. The Bertz CT molecular complexity index is 1220. The lowest BCUT2D eigenvalue weighted by Crippen LogP contribution is -2.49. The van der Waals surface area contributed by atoms with Gasteiger partial charge in [0.1, 0.15) is 0 Å². The molecule has 0 radical (unpaired) electrons. The molecule has 2 aromatic carbocycles. The average molecular weight is 445 g/mol. The second kappa shape index (κ2) is 7.37. The van der Waals surface area contributed by atoms with E-state index in [-0.39, 0.29) is 23.3 Å². The van der Waals surface area contributed by atoms with Gasteiger partial charge in [-0.1, -0.05) is 42.4 Å². The molecule has 1 aliphatic carbocycles. The lowest BCUT2D eigenvalue weighted by molar-refractivity contribution is -0.132. The van der Waals surface area contributed by atoms with Gasteiger partial charge in [-0.3, -0.25) is 4.79 Å². The van der Waals surface area contributed by atoms with Crippen LogP contribution in [0.3, 0.4) is 0 Å². The molecule has 0 N–H and O–H groups in total. The number of amides is 1. The third-order valence-corrected chi connectivity index (χ3v) is 8.08. The molecule has 6 nitrogen and oxygen atoms in total. The molecule has 170 valence electrons. The van der Waals surface area contributed by atoms with Gasteiger partial charge in [0.05, 0.1) is 25.5 Å².